The highest BCUT2D eigenvalue weighted by Crippen LogP contribution is 2.30. The summed E-state index contributed by atoms with van der Waals surface area (Å²) >= 11 is 0. The summed E-state index contributed by atoms with van der Waals surface area (Å²) in [6, 6.07) is 10.6. The van der Waals surface area contributed by atoms with E-state index in [-0.39, 0.29) is 5.91 Å². The molecule has 2 aromatic carbocycles. The molecule has 1 heterocycles. The number of fused-ring (bicyclic) bond motifs is 1. The van der Waals surface area contributed by atoms with Gasteiger partial charge in [0.1, 0.15) is 5.75 Å². The number of carbonyl (C=O) groups excluding carboxylic acids is 1. The largest absolute Gasteiger partial charge is 0.493 e. The molecule has 0 saturated heterocycles. The van der Waals surface area contributed by atoms with E-state index >= 15 is 0 Å². The molecule has 0 fully saturated rings. The number of alkyl halides is 3. The fourth-order valence-corrected chi connectivity index (χ4v) is 3.48. The molecule has 1 aromatic heterocycles. The van der Waals surface area contributed by atoms with Gasteiger partial charge in [-0.25, -0.2) is 0 Å². The Labute approximate surface area is 177 Å². The highest BCUT2D eigenvalue weighted by Gasteiger charge is 2.29. The Kier molecular flexibility index (Phi) is 5.61. The van der Waals surface area contributed by atoms with E-state index in [0.717, 1.165) is 28.6 Å². The zero-order valence-corrected chi connectivity index (χ0v) is 16.8. The minimum atomic E-state index is -4.34. The van der Waals surface area contributed by atoms with E-state index in [1.54, 1.807) is 12.3 Å². The van der Waals surface area contributed by atoms with Gasteiger partial charge in [0, 0.05) is 23.5 Å². The number of carbonyl (C=O) groups is 1. The summed E-state index contributed by atoms with van der Waals surface area (Å²) in [4.78, 5) is 15.6. The predicted octanol–water partition coefficient (Wildman–Crippen LogP) is 5.87. The van der Waals surface area contributed by atoms with Gasteiger partial charge < -0.3 is 15.0 Å². The molecule has 7 heteroatoms. The quantitative estimate of drug-likeness (QED) is 0.485. The van der Waals surface area contributed by atoms with Crippen LogP contribution in [0.25, 0.3) is 10.9 Å². The first-order valence-electron chi connectivity index (χ1n) is 9.97. The highest BCUT2D eigenvalue weighted by atomic mass is 19.4. The average molecular weight is 426 g/mol. The van der Waals surface area contributed by atoms with Crippen molar-refractivity contribution in [3.8, 4) is 5.75 Å². The van der Waals surface area contributed by atoms with Crippen LogP contribution < -0.4 is 10.1 Å². The van der Waals surface area contributed by atoms with Crippen molar-refractivity contribution in [3.63, 3.8) is 0 Å². The summed E-state index contributed by atoms with van der Waals surface area (Å²) in [7, 11) is 0. The van der Waals surface area contributed by atoms with Crippen molar-refractivity contribution in [3.05, 3.63) is 77.2 Å². The van der Waals surface area contributed by atoms with Gasteiger partial charge in [-0.15, -0.1) is 5.73 Å². The van der Waals surface area contributed by atoms with Crippen LogP contribution in [0, 0.1) is 5.92 Å². The minimum absolute atomic E-state index is 0.171. The SMILES string of the molecule is C[C@@H]1C=C=C(C(=O)Nc2c[nH]c3ccc(OCCc4ccc(C(F)(F)F)cc4)cc23)C1. The van der Waals surface area contributed by atoms with E-state index < -0.39 is 11.7 Å². The second-order valence-electron chi connectivity index (χ2n) is 7.63. The van der Waals surface area contributed by atoms with E-state index in [0.29, 0.717) is 42.4 Å². The van der Waals surface area contributed by atoms with Crippen LogP contribution in [0.4, 0.5) is 18.9 Å². The first-order valence-corrected chi connectivity index (χ1v) is 9.97. The molecule has 1 atom stereocenters. The van der Waals surface area contributed by atoms with Gasteiger partial charge in [-0.3, -0.25) is 4.79 Å². The number of H-pyrrole nitrogens is 1. The lowest BCUT2D eigenvalue weighted by molar-refractivity contribution is -0.137. The van der Waals surface area contributed by atoms with Gasteiger partial charge in [0.2, 0.25) is 0 Å². The molecule has 31 heavy (non-hydrogen) atoms. The monoisotopic (exact) mass is 426 g/mol. The number of benzene rings is 2. The number of rotatable bonds is 6. The normalized spacial score (nSPS) is 15.9. The standard InChI is InChI=1S/C24H21F3N2O2/c1-15-2-5-17(12-15)23(30)29-22-14-28-21-9-8-19(13-20(21)22)31-11-10-16-3-6-18(7-4-16)24(25,26)27/h2-4,6-9,13-15,28H,10-12H2,1H3,(H,29,30)/t15-/m1/s1. The molecule has 0 bridgehead atoms. The maximum absolute atomic E-state index is 12.7. The topological polar surface area (TPSA) is 54.1 Å². The summed E-state index contributed by atoms with van der Waals surface area (Å²) in [5, 5.41) is 3.73. The number of amides is 1. The lowest BCUT2D eigenvalue weighted by Gasteiger charge is -2.09. The molecule has 4 nitrogen and oxygen atoms in total. The molecule has 1 aliphatic carbocycles. The van der Waals surface area contributed by atoms with E-state index in [1.165, 1.54) is 12.1 Å². The van der Waals surface area contributed by atoms with Crippen molar-refractivity contribution in [1.29, 1.82) is 0 Å². The van der Waals surface area contributed by atoms with Crippen LogP contribution in [-0.4, -0.2) is 17.5 Å². The van der Waals surface area contributed by atoms with E-state index in [1.807, 2.05) is 25.1 Å². The highest BCUT2D eigenvalue weighted by molar-refractivity contribution is 6.08. The number of hydrogen-bond acceptors (Lipinski definition) is 2. The summed E-state index contributed by atoms with van der Waals surface area (Å²) in [6.07, 6.45) is 0.443. The maximum atomic E-state index is 12.7. The van der Waals surface area contributed by atoms with Gasteiger partial charge in [-0.05, 0) is 54.3 Å². The molecule has 2 N–H and O–H groups in total. The molecule has 3 aromatic rings. The number of aromatic amines is 1. The van der Waals surface area contributed by atoms with Crippen LogP contribution in [0.2, 0.25) is 0 Å². The van der Waals surface area contributed by atoms with Crippen molar-refractivity contribution in [2.45, 2.75) is 25.9 Å². The third-order valence-corrected chi connectivity index (χ3v) is 5.18. The Morgan fingerprint density at radius 1 is 1.23 bits per heavy atom. The first-order chi connectivity index (χ1) is 14.8. The lowest BCUT2D eigenvalue weighted by atomic mass is 10.1. The average Bonchev–Trinajstić information content (AvgIpc) is 3.34. The molecule has 0 saturated carbocycles. The second kappa shape index (κ2) is 8.36. The number of hydrogen-bond donors (Lipinski definition) is 2. The molecule has 4 rings (SSSR count). The van der Waals surface area contributed by atoms with Gasteiger partial charge in [0.05, 0.1) is 23.4 Å². The van der Waals surface area contributed by atoms with Crippen LogP contribution in [0.1, 0.15) is 24.5 Å². The van der Waals surface area contributed by atoms with Crippen LogP contribution in [-0.2, 0) is 17.4 Å². The zero-order valence-electron chi connectivity index (χ0n) is 16.8. The van der Waals surface area contributed by atoms with Crippen LogP contribution >= 0.6 is 0 Å². The molecular weight excluding hydrogens is 405 g/mol. The molecule has 160 valence electrons. The van der Waals surface area contributed by atoms with E-state index in [2.05, 4.69) is 16.0 Å². The Morgan fingerprint density at radius 3 is 2.68 bits per heavy atom. The van der Waals surface area contributed by atoms with Gasteiger partial charge in [-0.2, -0.15) is 13.2 Å². The smallest absolute Gasteiger partial charge is 0.416 e. The Balaban J connectivity index is 1.39. The van der Waals surface area contributed by atoms with Gasteiger partial charge >= 0.3 is 6.18 Å². The fraction of sp³-hybridized carbons (Fsp3) is 0.250. The third-order valence-electron chi connectivity index (χ3n) is 5.18. The van der Waals surface area contributed by atoms with Crippen LogP contribution in [0.5, 0.6) is 5.75 Å². The van der Waals surface area contributed by atoms with Crippen LogP contribution in [0.3, 0.4) is 0 Å². The van der Waals surface area contributed by atoms with E-state index in [4.69, 9.17) is 4.74 Å². The molecule has 0 spiro atoms. The van der Waals surface area contributed by atoms with Crippen molar-refractivity contribution in [2.24, 2.45) is 5.92 Å². The number of ether oxygens (including phenoxy) is 1. The van der Waals surface area contributed by atoms with Crippen LogP contribution in [0.15, 0.2) is 66.0 Å². The summed E-state index contributed by atoms with van der Waals surface area (Å²) < 4.78 is 43.7. The van der Waals surface area contributed by atoms with E-state index in [9.17, 15) is 18.0 Å². The van der Waals surface area contributed by atoms with Gasteiger partial charge in [0.15, 0.2) is 0 Å². The van der Waals surface area contributed by atoms with Crippen molar-refractivity contribution < 1.29 is 22.7 Å². The molecule has 0 radical (unpaired) electrons. The third kappa shape index (κ3) is 4.84. The Hall–Kier alpha value is -3.44. The summed E-state index contributed by atoms with van der Waals surface area (Å²) in [5.74, 6) is 0.756. The number of nitrogens with one attached hydrogen (secondary N) is 2. The minimum Gasteiger partial charge on any atom is -0.493 e. The zero-order chi connectivity index (χ0) is 22.0. The molecule has 1 amide bonds. The van der Waals surface area contributed by atoms with Crippen molar-refractivity contribution in [1.82, 2.24) is 4.98 Å². The molecule has 0 aliphatic heterocycles. The molecular formula is C24H21F3N2O2. The van der Waals surface area contributed by atoms with Gasteiger partial charge in [-0.1, -0.05) is 19.1 Å². The molecule has 1 aliphatic rings. The molecule has 0 unspecified atom stereocenters. The summed E-state index contributed by atoms with van der Waals surface area (Å²) in [6.45, 7) is 2.35. The number of aromatic nitrogens is 1. The van der Waals surface area contributed by atoms with Crippen molar-refractivity contribution in [2.75, 3.05) is 11.9 Å². The lowest BCUT2D eigenvalue weighted by Crippen LogP contribution is -2.13. The first kappa shape index (κ1) is 20.8. The van der Waals surface area contributed by atoms with Gasteiger partial charge in [0.25, 0.3) is 5.91 Å². The summed E-state index contributed by atoms with van der Waals surface area (Å²) in [5.41, 5.74) is 5.25. The predicted molar refractivity (Wildman–Crippen MR) is 113 cm³/mol. The Bertz CT molecular complexity index is 1170. The number of anilines is 1. The number of halogens is 3. The van der Waals surface area contributed by atoms with Crippen molar-refractivity contribution >= 4 is 22.5 Å². The second-order valence-corrected chi connectivity index (χ2v) is 7.63. The Morgan fingerprint density at radius 2 is 2.00 bits per heavy atom. The maximum Gasteiger partial charge on any atom is 0.416 e. The fourth-order valence-electron chi connectivity index (χ4n) is 3.48.